The number of rotatable bonds is 7. The second-order valence-electron chi connectivity index (χ2n) is 6.63. The second-order valence-corrected chi connectivity index (χ2v) is 6.63. The number of likely N-dealkylation sites (tertiary alicyclic amines) is 1. The Morgan fingerprint density at radius 3 is 2.22 bits per heavy atom. The van der Waals surface area contributed by atoms with Gasteiger partial charge >= 0.3 is 5.97 Å². The maximum atomic E-state index is 12.7. The van der Waals surface area contributed by atoms with E-state index >= 15 is 0 Å². The molecule has 4 unspecified atom stereocenters. The van der Waals surface area contributed by atoms with Crippen LogP contribution in [-0.4, -0.2) is 63.0 Å². The highest BCUT2D eigenvalue weighted by molar-refractivity contribution is 6.13. The lowest BCUT2D eigenvalue weighted by Gasteiger charge is -2.37. The van der Waals surface area contributed by atoms with Gasteiger partial charge in [0.2, 0.25) is 11.4 Å². The number of aliphatic hydroxyl groups is 1. The number of carbonyl (C=O) groups is 3. The average molecular weight is 329 g/mol. The van der Waals surface area contributed by atoms with Gasteiger partial charge < -0.3 is 26.6 Å². The number of Topliss-reactive ketones (excluding diaryl/α,β-unsaturated/α-hetero) is 1. The van der Waals surface area contributed by atoms with Crippen LogP contribution in [0.3, 0.4) is 0 Å². The summed E-state index contributed by atoms with van der Waals surface area (Å²) in [5, 5.41) is 19.2. The van der Waals surface area contributed by atoms with Gasteiger partial charge in [-0.2, -0.15) is 0 Å². The summed E-state index contributed by atoms with van der Waals surface area (Å²) < 4.78 is 0. The number of hydrogen-bond donors (Lipinski definition) is 4. The minimum absolute atomic E-state index is 0.00519. The van der Waals surface area contributed by atoms with Crippen LogP contribution in [0.25, 0.3) is 0 Å². The van der Waals surface area contributed by atoms with Crippen LogP contribution >= 0.6 is 0 Å². The van der Waals surface area contributed by atoms with E-state index in [0.29, 0.717) is 12.8 Å². The summed E-state index contributed by atoms with van der Waals surface area (Å²) in [4.78, 5) is 38.1. The van der Waals surface area contributed by atoms with Crippen LogP contribution in [0, 0.1) is 5.92 Å². The van der Waals surface area contributed by atoms with Crippen molar-refractivity contribution >= 4 is 17.7 Å². The zero-order chi connectivity index (χ0) is 17.9. The van der Waals surface area contributed by atoms with Gasteiger partial charge in [0.15, 0.2) is 5.78 Å². The Morgan fingerprint density at radius 2 is 1.78 bits per heavy atom. The number of amides is 1. The molecule has 1 fully saturated rings. The Kier molecular flexibility index (Phi) is 6.26. The molecule has 1 saturated heterocycles. The Labute approximate surface area is 135 Å². The summed E-state index contributed by atoms with van der Waals surface area (Å²) in [5.41, 5.74) is 9.54. The van der Waals surface area contributed by atoms with Gasteiger partial charge in [0.25, 0.3) is 0 Å². The maximum absolute atomic E-state index is 12.7. The van der Waals surface area contributed by atoms with Gasteiger partial charge in [-0.3, -0.25) is 9.59 Å². The van der Waals surface area contributed by atoms with Crippen molar-refractivity contribution in [3.63, 3.8) is 0 Å². The van der Waals surface area contributed by atoms with Gasteiger partial charge in [-0.15, -0.1) is 0 Å². The number of nitrogens with two attached hydrogens (primary N) is 2. The lowest BCUT2D eigenvalue weighted by Crippen LogP contribution is -2.65. The fraction of sp³-hybridized carbons (Fsp3) is 0.800. The van der Waals surface area contributed by atoms with Crippen molar-refractivity contribution in [2.75, 3.05) is 6.54 Å². The van der Waals surface area contributed by atoms with Gasteiger partial charge in [-0.25, -0.2) is 4.79 Å². The first-order valence-corrected chi connectivity index (χ1v) is 7.84. The van der Waals surface area contributed by atoms with Gasteiger partial charge in [0.05, 0.1) is 12.1 Å². The molecule has 1 aliphatic heterocycles. The van der Waals surface area contributed by atoms with Crippen molar-refractivity contribution in [2.24, 2.45) is 17.4 Å². The summed E-state index contributed by atoms with van der Waals surface area (Å²) in [6.45, 7) is 5.20. The predicted octanol–water partition coefficient (Wildman–Crippen LogP) is -0.917. The fourth-order valence-electron chi connectivity index (χ4n) is 3.01. The summed E-state index contributed by atoms with van der Waals surface area (Å²) in [5.74, 6) is -2.71. The molecule has 4 atom stereocenters. The van der Waals surface area contributed by atoms with E-state index in [1.165, 1.54) is 6.92 Å². The topological polar surface area (TPSA) is 147 Å². The minimum atomic E-state index is -1.99. The smallest absolute Gasteiger partial charge is 0.337 e. The molecule has 1 heterocycles. The Bertz CT molecular complexity index is 480. The molecule has 1 rings (SSSR count). The van der Waals surface area contributed by atoms with E-state index in [4.69, 9.17) is 11.5 Å². The first kappa shape index (κ1) is 19.5. The number of carboxylic acid groups (broad SMARTS) is 1. The van der Waals surface area contributed by atoms with E-state index in [1.54, 1.807) is 0 Å². The van der Waals surface area contributed by atoms with Gasteiger partial charge in [-0.1, -0.05) is 13.8 Å². The molecule has 132 valence electrons. The quantitative estimate of drug-likeness (QED) is 0.442. The molecule has 8 nitrogen and oxygen atoms in total. The maximum Gasteiger partial charge on any atom is 0.337 e. The highest BCUT2D eigenvalue weighted by atomic mass is 16.4. The zero-order valence-electron chi connectivity index (χ0n) is 13.9. The monoisotopic (exact) mass is 329 g/mol. The van der Waals surface area contributed by atoms with Crippen molar-refractivity contribution in [2.45, 2.75) is 63.8 Å². The van der Waals surface area contributed by atoms with Crippen LogP contribution in [0.1, 0.15) is 40.0 Å². The molecule has 8 heteroatoms. The molecule has 0 aromatic rings. The van der Waals surface area contributed by atoms with E-state index in [0.717, 1.165) is 4.90 Å². The van der Waals surface area contributed by atoms with E-state index in [2.05, 4.69) is 0 Å². The number of hydrogen-bond acceptors (Lipinski definition) is 6. The highest BCUT2D eigenvalue weighted by Gasteiger charge is 2.57. The third-order valence-corrected chi connectivity index (χ3v) is 4.28. The normalized spacial score (nSPS) is 25.3. The molecule has 0 aromatic carbocycles. The van der Waals surface area contributed by atoms with Crippen LogP contribution < -0.4 is 11.5 Å². The molecule has 1 aliphatic rings. The number of aliphatic carboxylic acids is 1. The zero-order valence-corrected chi connectivity index (χ0v) is 13.9. The highest BCUT2D eigenvalue weighted by Crippen LogP contribution is 2.33. The van der Waals surface area contributed by atoms with Gasteiger partial charge in [0.1, 0.15) is 6.04 Å². The van der Waals surface area contributed by atoms with Crippen molar-refractivity contribution in [1.82, 2.24) is 4.90 Å². The molecule has 0 aromatic heterocycles. The molecule has 0 spiro atoms. The predicted molar refractivity (Wildman–Crippen MR) is 83.4 cm³/mol. The third kappa shape index (κ3) is 3.70. The molecule has 1 amide bonds. The summed E-state index contributed by atoms with van der Waals surface area (Å²) in [6, 6.07) is -2.25. The largest absolute Gasteiger partial charge is 0.479 e. The Balaban J connectivity index is 3.18. The van der Waals surface area contributed by atoms with Crippen LogP contribution in [0.5, 0.6) is 0 Å². The summed E-state index contributed by atoms with van der Waals surface area (Å²) in [7, 11) is 0. The van der Waals surface area contributed by atoms with Crippen LogP contribution in [0.4, 0.5) is 0 Å². The van der Waals surface area contributed by atoms with E-state index in [9.17, 15) is 24.6 Å². The SMILES string of the molecule is CC(C)CC(N)C(=O)C1(C(=O)O)CCCN1C(=O)C(N)C(C)O. The van der Waals surface area contributed by atoms with Gasteiger partial charge in [-0.05, 0) is 32.1 Å². The number of nitrogens with zero attached hydrogens (tertiary/aromatic N) is 1. The van der Waals surface area contributed by atoms with Crippen molar-refractivity contribution in [3.05, 3.63) is 0 Å². The Morgan fingerprint density at radius 1 is 1.22 bits per heavy atom. The fourth-order valence-corrected chi connectivity index (χ4v) is 3.01. The molecule has 0 bridgehead atoms. The molecule has 6 N–H and O–H groups in total. The van der Waals surface area contributed by atoms with E-state index in [-0.39, 0.29) is 18.9 Å². The molecule has 0 aliphatic carbocycles. The van der Waals surface area contributed by atoms with Crippen molar-refractivity contribution in [3.8, 4) is 0 Å². The lowest BCUT2D eigenvalue weighted by molar-refractivity contribution is -0.163. The van der Waals surface area contributed by atoms with Crippen molar-refractivity contribution < 1.29 is 24.6 Å². The van der Waals surface area contributed by atoms with Gasteiger partial charge in [0, 0.05) is 6.54 Å². The lowest BCUT2D eigenvalue weighted by atomic mass is 9.83. The van der Waals surface area contributed by atoms with Crippen molar-refractivity contribution in [1.29, 1.82) is 0 Å². The third-order valence-electron chi connectivity index (χ3n) is 4.28. The molecule has 23 heavy (non-hydrogen) atoms. The molecule has 0 saturated carbocycles. The van der Waals surface area contributed by atoms with Crippen LogP contribution in [0.15, 0.2) is 0 Å². The first-order chi connectivity index (χ1) is 10.6. The number of aliphatic hydroxyl groups excluding tert-OH is 1. The molecular formula is C15H27N3O5. The minimum Gasteiger partial charge on any atom is -0.479 e. The number of ketones is 1. The first-order valence-electron chi connectivity index (χ1n) is 7.84. The number of carbonyl (C=O) groups excluding carboxylic acids is 2. The Hall–Kier alpha value is -1.51. The summed E-state index contributed by atoms with van der Waals surface area (Å²) in [6.07, 6.45) is -0.442. The average Bonchev–Trinajstić information content (AvgIpc) is 2.89. The van der Waals surface area contributed by atoms with E-state index < -0.39 is 41.4 Å². The number of carboxylic acids is 1. The van der Waals surface area contributed by atoms with Crippen LogP contribution in [0.2, 0.25) is 0 Å². The van der Waals surface area contributed by atoms with Crippen LogP contribution in [-0.2, 0) is 14.4 Å². The standard InChI is InChI=1S/C15H27N3O5/c1-8(2)7-10(16)12(20)15(14(22)23)5-4-6-18(15)13(21)11(17)9(3)19/h8-11,19H,4-7,16-17H2,1-3H3,(H,22,23). The van der Waals surface area contributed by atoms with E-state index in [1.807, 2.05) is 13.8 Å². The molecular weight excluding hydrogens is 302 g/mol. The molecule has 0 radical (unpaired) electrons. The second kappa shape index (κ2) is 7.37. The summed E-state index contributed by atoms with van der Waals surface area (Å²) >= 11 is 0.